The number of methoxy groups -OCH3 is 1. The molecule has 0 bridgehead atoms. The molecule has 3 nitrogen and oxygen atoms in total. The van der Waals surface area contributed by atoms with E-state index in [1.165, 1.54) is 19.3 Å². The van der Waals surface area contributed by atoms with E-state index in [0.717, 1.165) is 31.1 Å². The Morgan fingerprint density at radius 2 is 2.11 bits per heavy atom. The normalized spacial score (nSPS) is 16.1. The van der Waals surface area contributed by atoms with Crippen molar-refractivity contribution in [2.45, 2.75) is 52.5 Å². The van der Waals surface area contributed by atoms with Crippen LogP contribution in [0.3, 0.4) is 0 Å². The second-order valence-electron chi connectivity index (χ2n) is 5.09. The van der Waals surface area contributed by atoms with Gasteiger partial charge in [-0.1, -0.05) is 27.2 Å². The van der Waals surface area contributed by atoms with Crippen molar-refractivity contribution in [2.24, 2.45) is 5.92 Å². The lowest BCUT2D eigenvalue weighted by Crippen LogP contribution is -2.50. The van der Waals surface area contributed by atoms with Crippen LogP contribution in [0.1, 0.15) is 47.0 Å². The molecule has 0 fully saturated rings. The van der Waals surface area contributed by atoms with Gasteiger partial charge in [0.25, 0.3) is 0 Å². The molecule has 2 atom stereocenters. The molecule has 0 aromatic heterocycles. The summed E-state index contributed by atoms with van der Waals surface area (Å²) in [6.07, 6.45) is 3.06. The molecule has 0 spiro atoms. The van der Waals surface area contributed by atoms with Crippen molar-refractivity contribution in [1.82, 2.24) is 5.32 Å². The molecular formula is C14H29NO2S. The van der Waals surface area contributed by atoms with Gasteiger partial charge in [-0.15, -0.1) is 0 Å². The predicted molar refractivity (Wildman–Crippen MR) is 80.1 cm³/mol. The van der Waals surface area contributed by atoms with Crippen LogP contribution in [0, 0.1) is 5.92 Å². The Kier molecular flexibility index (Phi) is 9.56. The minimum Gasteiger partial charge on any atom is -0.468 e. The minimum absolute atomic E-state index is 0.153. The van der Waals surface area contributed by atoms with Gasteiger partial charge in [0.1, 0.15) is 5.54 Å². The molecule has 0 saturated heterocycles. The van der Waals surface area contributed by atoms with Crippen LogP contribution in [0.5, 0.6) is 0 Å². The zero-order valence-electron chi connectivity index (χ0n) is 12.5. The number of carbonyl (C=O) groups is 1. The molecule has 1 N–H and O–H groups in total. The molecule has 0 amide bonds. The Morgan fingerprint density at radius 3 is 2.61 bits per heavy atom. The van der Waals surface area contributed by atoms with Crippen LogP contribution in [0.4, 0.5) is 0 Å². The van der Waals surface area contributed by atoms with Crippen molar-refractivity contribution in [3.8, 4) is 0 Å². The summed E-state index contributed by atoms with van der Waals surface area (Å²) in [5.74, 6) is 2.76. The number of hydrogen-bond donors (Lipinski definition) is 1. The highest BCUT2D eigenvalue weighted by Gasteiger charge is 2.32. The Morgan fingerprint density at radius 1 is 1.44 bits per heavy atom. The Hall–Kier alpha value is -0.220. The van der Waals surface area contributed by atoms with E-state index in [1.54, 1.807) is 0 Å². The fraction of sp³-hybridized carbons (Fsp3) is 0.929. The maximum Gasteiger partial charge on any atom is 0.325 e. The fourth-order valence-electron chi connectivity index (χ4n) is 1.57. The lowest BCUT2D eigenvalue weighted by molar-refractivity contribution is -0.148. The maximum absolute atomic E-state index is 11.8. The van der Waals surface area contributed by atoms with Crippen molar-refractivity contribution in [1.29, 1.82) is 0 Å². The number of hydrogen-bond acceptors (Lipinski definition) is 4. The Labute approximate surface area is 116 Å². The van der Waals surface area contributed by atoms with E-state index < -0.39 is 5.54 Å². The zero-order valence-corrected chi connectivity index (χ0v) is 13.4. The van der Waals surface area contributed by atoms with E-state index in [0.29, 0.717) is 0 Å². The van der Waals surface area contributed by atoms with Crippen LogP contribution in [0.2, 0.25) is 0 Å². The van der Waals surface area contributed by atoms with E-state index in [-0.39, 0.29) is 5.97 Å². The van der Waals surface area contributed by atoms with Crippen LogP contribution in [-0.2, 0) is 9.53 Å². The average Bonchev–Trinajstić information content (AvgIpc) is 2.39. The van der Waals surface area contributed by atoms with Gasteiger partial charge >= 0.3 is 5.97 Å². The van der Waals surface area contributed by atoms with Crippen LogP contribution in [-0.4, -0.2) is 36.7 Å². The van der Waals surface area contributed by atoms with E-state index in [4.69, 9.17) is 4.74 Å². The standard InChI is InChI=1S/C14H29NO2S/c1-6-9-15-14(4,13(16)17-5)8-10-18-11-12(3)7-2/h12,15H,6-11H2,1-5H3. The fourth-order valence-corrected chi connectivity index (χ4v) is 2.92. The molecule has 0 heterocycles. The smallest absolute Gasteiger partial charge is 0.325 e. The third-order valence-electron chi connectivity index (χ3n) is 3.25. The number of thioether (sulfide) groups is 1. The largest absolute Gasteiger partial charge is 0.468 e. The van der Waals surface area contributed by atoms with Crippen molar-refractivity contribution in [3.63, 3.8) is 0 Å². The Balaban J connectivity index is 4.12. The number of carbonyl (C=O) groups excluding carboxylic acids is 1. The first kappa shape index (κ1) is 17.8. The number of nitrogens with one attached hydrogen (secondary N) is 1. The summed E-state index contributed by atoms with van der Waals surface area (Å²) in [6, 6.07) is 0. The van der Waals surface area contributed by atoms with Crippen LogP contribution < -0.4 is 5.32 Å². The van der Waals surface area contributed by atoms with Gasteiger partial charge in [0.05, 0.1) is 7.11 Å². The third kappa shape index (κ3) is 6.64. The molecule has 0 aromatic carbocycles. The van der Waals surface area contributed by atoms with E-state index in [2.05, 4.69) is 26.1 Å². The van der Waals surface area contributed by atoms with Crippen LogP contribution in [0.25, 0.3) is 0 Å². The van der Waals surface area contributed by atoms with Crippen molar-refractivity contribution in [2.75, 3.05) is 25.2 Å². The SMILES string of the molecule is CCCNC(C)(CCSCC(C)CC)C(=O)OC. The summed E-state index contributed by atoms with van der Waals surface area (Å²) in [4.78, 5) is 11.8. The second-order valence-corrected chi connectivity index (χ2v) is 6.24. The molecule has 0 aliphatic rings. The second kappa shape index (κ2) is 9.68. The summed E-state index contributed by atoms with van der Waals surface area (Å²) in [5.41, 5.74) is -0.535. The minimum atomic E-state index is -0.535. The van der Waals surface area contributed by atoms with Crippen molar-refractivity contribution < 1.29 is 9.53 Å². The molecule has 0 aromatic rings. The molecule has 0 rings (SSSR count). The van der Waals surface area contributed by atoms with Gasteiger partial charge in [-0.25, -0.2) is 0 Å². The monoisotopic (exact) mass is 275 g/mol. The van der Waals surface area contributed by atoms with Crippen molar-refractivity contribution >= 4 is 17.7 Å². The molecule has 2 unspecified atom stereocenters. The van der Waals surface area contributed by atoms with Gasteiger partial charge in [0, 0.05) is 0 Å². The van der Waals surface area contributed by atoms with Gasteiger partial charge in [0.15, 0.2) is 0 Å². The summed E-state index contributed by atoms with van der Waals surface area (Å²) in [7, 11) is 1.46. The number of esters is 1. The van der Waals surface area contributed by atoms with E-state index >= 15 is 0 Å². The average molecular weight is 275 g/mol. The summed E-state index contributed by atoms with van der Waals surface area (Å²) >= 11 is 1.93. The first-order valence-electron chi connectivity index (χ1n) is 6.91. The highest BCUT2D eigenvalue weighted by Crippen LogP contribution is 2.18. The summed E-state index contributed by atoms with van der Waals surface area (Å²) in [6.45, 7) is 9.37. The van der Waals surface area contributed by atoms with Gasteiger partial charge < -0.3 is 10.1 Å². The lowest BCUT2D eigenvalue weighted by Gasteiger charge is -2.28. The van der Waals surface area contributed by atoms with Crippen LogP contribution in [0.15, 0.2) is 0 Å². The zero-order chi connectivity index (χ0) is 14.0. The van der Waals surface area contributed by atoms with Gasteiger partial charge in [-0.2, -0.15) is 11.8 Å². The first-order valence-corrected chi connectivity index (χ1v) is 8.06. The van der Waals surface area contributed by atoms with E-state index in [9.17, 15) is 4.79 Å². The molecule has 4 heteroatoms. The number of ether oxygens (including phenoxy) is 1. The predicted octanol–water partition coefficient (Wildman–Crippen LogP) is 3.09. The van der Waals surface area contributed by atoms with Crippen molar-refractivity contribution in [3.05, 3.63) is 0 Å². The molecule has 0 aliphatic carbocycles. The third-order valence-corrected chi connectivity index (χ3v) is 4.54. The quantitative estimate of drug-likeness (QED) is 0.491. The molecular weight excluding hydrogens is 246 g/mol. The van der Waals surface area contributed by atoms with Crippen LogP contribution >= 0.6 is 11.8 Å². The Bertz CT molecular complexity index is 236. The molecule has 18 heavy (non-hydrogen) atoms. The molecule has 0 saturated carbocycles. The lowest BCUT2D eigenvalue weighted by atomic mass is 9.99. The number of rotatable bonds is 10. The summed E-state index contributed by atoms with van der Waals surface area (Å²) in [5, 5.41) is 3.31. The highest BCUT2D eigenvalue weighted by molar-refractivity contribution is 7.99. The summed E-state index contributed by atoms with van der Waals surface area (Å²) < 4.78 is 4.90. The highest BCUT2D eigenvalue weighted by atomic mass is 32.2. The van der Waals surface area contributed by atoms with Gasteiger partial charge in [0.2, 0.25) is 0 Å². The van der Waals surface area contributed by atoms with Gasteiger partial charge in [-0.05, 0) is 43.7 Å². The topological polar surface area (TPSA) is 38.3 Å². The maximum atomic E-state index is 11.8. The van der Waals surface area contributed by atoms with Gasteiger partial charge in [-0.3, -0.25) is 4.79 Å². The molecule has 108 valence electrons. The molecule has 0 aliphatic heterocycles. The first-order chi connectivity index (χ1) is 8.50. The molecule has 0 radical (unpaired) electrons. The van der Waals surface area contributed by atoms with E-state index in [1.807, 2.05) is 18.7 Å².